The van der Waals surface area contributed by atoms with Crippen LogP contribution in [0.15, 0.2) is 35.3 Å². The minimum absolute atomic E-state index is 0.137. The summed E-state index contributed by atoms with van der Waals surface area (Å²) in [5.74, 6) is 0.137. The number of rotatable bonds is 6. The first-order chi connectivity index (χ1) is 8.08. The summed E-state index contributed by atoms with van der Waals surface area (Å²) in [4.78, 5) is 16.2. The number of unbranched alkanes of at least 4 members (excludes halogenated alkanes) is 1. The normalized spacial score (nSPS) is 14.8. The van der Waals surface area contributed by atoms with Gasteiger partial charge in [-0.3, -0.25) is 9.79 Å². The molecule has 0 aromatic heterocycles. The average molecular weight is 231 g/mol. The van der Waals surface area contributed by atoms with Crippen molar-refractivity contribution in [3.05, 3.63) is 35.9 Å². The van der Waals surface area contributed by atoms with Gasteiger partial charge >= 0.3 is 0 Å². The van der Waals surface area contributed by atoms with E-state index in [1.807, 2.05) is 37.3 Å². The van der Waals surface area contributed by atoms with Gasteiger partial charge in [-0.15, -0.1) is 0 Å². The zero-order valence-corrected chi connectivity index (χ0v) is 10.9. The molecule has 0 spiro atoms. The molecule has 0 radical (unpaired) electrons. The van der Waals surface area contributed by atoms with Crippen LogP contribution in [0.2, 0.25) is 0 Å². The van der Waals surface area contributed by atoms with Crippen LogP contribution >= 0.6 is 0 Å². The fourth-order valence-corrected chi connectivity index (χ4v) is 1.61. The summed E-state index contributed by atoms with van der Waals surface area (Å²) in [6, 6.07) is 9.89. The highest BCUT2D eigenvalue weighted by Crippen LogP contribution is 2.20. The van der Waals surface area contributed by atoms with Crippen molar-refractivity contribution in [1.82, 2.24) is 0 Å². The molecule has 0 amide bonds. The Labute approximate surface area is 104 Å². The molecule has 0 fully saturated rings. The lowest BCUT2D eigenvalue weighted by Crippen LogP contribution is -2.31. The molecule has 1 aromatic carbocycles. The van der Waals surface area contributed by atoms with E-state index < -0.39 is 5.54 Å². The predicted molar refractivity (Wildman–Crippen MR) is 72.6 cm³/mol. The topological polar surface area (TPSA) is 29.4 Å². The van der Waals surface area contributed by atoms with Gasteiger partial charge in [0.25, 0.3) is 0 Å². The molecular formula is C15H21NO. The standard InChI is InChI=1S/C15H21NO/c1-4-5-11-15(3,13(2)17)16-12-14-9-7-6-8-10-14/h6-10,12H,4-5,11H2,1-3H3. The van der Waals surface area contributed by atoms with Crippen LogP contribution in [0.3, 0.4) is 0 Å². The van der Waals surface area contributed by atoms with E-state index >= 15 is 0 Å². The Hall–Kier alpha value is -1.44. The van der Waals surface area contributed by atoms with E-state index in [4.69, 9.17) is 0 Å². The second kappa shape index (κ2) is 6.33. The van der Waals surface area contributed by atoms with Gasteiger partial charge in [-0.05, 0) is 25.8 Å². The van der Waals surface area contributed by atoms with Gasteiger partial charge in [-0.1, -0.05) is 50.1 Å². The highest BCUT2D eigenvalue weighted by atomic mass is 16.1. The van der Waals surface area contributed by atoms with E-state index in [1.54, 1.807) is 13.1 Å². The van der Waals surface area contributed by atoms with E-state index in [-0.39, 0.29) is 5.78 Å². The molecule has 0 aliphatic heterocycles. The van der Waals surface area contributed by atoms with Crippen LogP contribution < -0.4 is 0 Å². The first-order valence-electron chi connectivity index (χ1n) is 6.20. The predicted octanol–water partition coefficient (Wildman–Crippen LogP) is 3.64. The lowest BCUT2D eigenvalue weighted by atomic mass is 9.91. The molecule has 1 aromatic rings. The maximum absolute atomic E-state index is 11.7. The Balaban J connectivity index is 2.80. The van der Waals surface area contributed by atoms with Crippen molar-refractivity contribution in [2.75, 3.05) is 0 Å². The number of benzene rings is 1. The third-order valence-corrected chi connectivity index (χ3v) is 3.07. The summed E-state index contributed by atoms with van der Waals surface area (Å²) in [5.41, 5.74) is 0.475. The van der Waals surface area contributed by atoms with Gasteiger partial charge in [0, 0.05) is 6.21 Å². The third kappa shape index (κ3) is 4.14. The minimum Gasteiger partial charge on any atom is -0.297 e. The molecular weight excluding hydrogens is 210 g/mol. The number of hydrogen-bond acceptors (Lipinski definition) is 2. The Morgan fingerprint density at radius 3 is 2.53 bits per heavy atom. The quantitative estimate of drug-likeness (QED) is 0.687. The summed E-state index contributed by atoms with van der Waals surface area (Å²) in [5, 5.41) is 0. The van der Waals surface area contributed by atoms with Crippen LogP contribution in [0.5, 0.6) is 0 Å². The van der Waals surface area contributed by atoms with Gasteiger partial charge in [-0.25, -0.2) is 0 Å². The second-order valence-corrected chi connectivity index (χ2v) is 4.60. The number of Topliss-reactive ketones (excluding diaryl/α,β-unsaturated/α-hetero) is 1. The Kier molecular flexibility index (Phi) is 5.08. The molecule has 1 unspecified atom stereocenters. The fraction of sp³-hybridized carbons (Fsp3) is 0.467. The summed E-state index contributed by atoms with van der Waals surface area (Å²) in [7, 11) is 0. The maximum atomic E-state index is 11.7. The first-order valence-corrected chi connectivity index (χ1v) is 6.20. The number of nitrogens with zero attached hydrogens (tertiary/aromatic N) is 1. The maximum Gasteiger partial charge on any atom is 0.157 e. The molecule has 0 saturated carbocycles. The largest absolute Gasteiger partial charge is 0.297 e. The van der Waals surface area contributed by atoms with E-state index in [0.717, 1.165) is 24.8 Å². The van der Waals surface area contributed by atoms with Gasteiger partial charge in [0.2, 0.25) is 0 Å². The molecule has 1 rings (SSSR count). The van der Waals surface area contributed by atoms with Crippen LogP contribution in [0.25, 0.3) is 0 Å². The van der Waals surface area contributed by atoms with Gasteiger partial charge in [0.05, 0.1) is 0 Å². The Morgan fingerprint density at radius 1 is 1.35 bits per heavy atom. The molecule has 0 heterocycles. The summed E-state index contributed by atoms with van der Waals surface area (Å²) in [6.45, 7) is 5.67. The number of hydrogen-bond donors (Lipinski definition) is 0. The number of aliphatic imine (C=N–C) groups is 1. The smallest absolute Gasteiger partial charge is 0.157 e. The van der Waals surface area contributed by atoms with Crippen molar-refractivity contribution < 1.29 is 4.79 Å². The third-order valence-electron chi connectivity index (χ3n) is 3.07. The molecule has 0 saturated heterocycles. The van der Waals surface area contributed by atoms with Crippen LogP contribution in [-0.2, 0) is 4.79 Å². The zero-order chi connectivity index (χ0) is 12.7. The van der Waals surface area contributed by atoms with E-state index in [9.17, 15) is 4.79 Å². The summed E-state index contributed by atoms with van der Waals surface area (Å²) >= 11 is 0. The molecule has 0 bridgehead atoms. The lowest BCUT2D eigenvalue weighted by molar-refractivity contribution is -0.121. The SMILES string of the molecule is CCCCC(C)(N=Cc1ccccc1)C(C)=O. The van der Waals surface area contributed by atoms with E-state index in [2.05, 4.69) is 11.9 Å². The van der Waals surface area contributed by atoms with Gasteiger partial charge in [0.15, 0.2) is 5.78 Å². The first kappa shape index (κ1) is 13.6. The number of carbonyl (C=O) groups is 1. The van der Waals surface area contributed by atoms with Crippen molar-refractivity contribution >= 4 is 12.0 Å². The molecule has 92 valence electrons. The molecule has 2 nitrogen and oxygen atoms in total. The van der Waals surface area contributed by atoms with E-state index in [1.165, 1.54) is 0 Å². The second-order valence-electron chi connectivity index (χ2n) is 4.60. The highest BCUT2D eigenvalue weighted by molar-refractivity contribution is 5.89. The Bertz CT molecular complexity index is 383. The lowest BCUT2D eigenvalue weighted by Gasteiger charge is -2.21. The minimum atomic E-state index is -0.564. The molecule has 0 aliphatic carbocycles. The average Bonchev–Trinajstić information content (AvgIpc) is 2.35. The monoisotopic (exact) mass is 231 g/mol. The van der Waals surface area contributed by atoms with Crippen molar-refractivity contribution in [1.29, 1.82) is 0 Å². The van der Waals surface area contributed by atoms with Crippen molar-refractivity contribution in [3.63, 3.8) is 0 Å². The van der Waals surface area contributed by atoms with Crippen molar-refractivity contribution in [2.45, 2.75) is 45.6 Å². The van der Waals surface area contributed by atoms with Crippen molar-refractivity contribution in [2.24, 2.45) is 4.99 Å². The highest BCUT2D eigenvalue weighted by Gasteiger charge is 2.27. The fourth-order valence-electron chi connectivity index (χ4n) is 1.61. The molecule has 1 atom stereocenters. The molecule has 17 heavy (non-hydrogen) atoms. The van der Waals surface area contributed by atoms with Gasteiger partial charge in [0.1, 0.15) is 5.54 Å². The molecule has 2 heteroatoms. The van der Waals surface area contributed by atoms with Crippen LogP contribution in [0, 0.1) is 0 Å². The van der Waals surface area contributed by atoms with Gasteiger partial charge < -0.3 is 0 Å². The molecule has 0 N–H and O–H groups in total. The number of carbonyl (C=O) groups excluding carboxylic acids is 1. The summed E-state index contributed by atoms with van der Waals surface area (Å²) in [6.07, 6.45) is 4.74. The van der Waals surface area contributed by atoms with Crippen LogP contribution in [0.1, 0.15) is 45.6 Å². The summed E-state index contributed by atoms with van der Waals surface area (Å²) < 4.78 is 0. The van der Waals surface area contributed by atoms with Crippen molar-refractivity contribution in [3.8, 4) is 0 Å². The molecule has 0 aliphatic rings. The number of ketones is 1. The van der Waals surface area contributed by atoms with E-state index in [0.29, 0.717) is 0 Å². The Morgan fingerprint density at radius 2 is 2.00 bits per heavy atom. The zero-order valence-electron chi connectivity index (χ0n) is 10.9. The van der Waals surface area contributed by atoms with Crippen LogP contribution in [0.4, 0.5) is 0 Å². The van der Waals surface area contributed by atoms with Crippen LogP contribution in [-0.4, -0.2) is 17.5 Å². The van der Waals surface area contributed by atoms with Gasteiger partial charge in [-0.2, -0.15) is 0 Å².